The summed E-state index contributed by atoms with van der Waals surface area (Å²) >= 11 is 16.0. The van der Waals surface area contributed by atoms with Gasteiger partial charge in [-0.3, -0.25) is 15.0 Å². The number of nitro groups is 1. The Kier molecular flexibility index (Phi) is 11.3. The number of hydrogen-bond acceptors (Lipinski definition) is 6. The zero-order chi connectivity index (χ0) is 26.4. The first-order chi connectivity index (χ1) is 17.8. The first-order valence-corrected chi connectivity index (χ1v) is 13.3. The summed E-state index contributed by atoms with van der Waals surface area (Å²) in [6.07, 6.45) is 2.91. The maximum absolute atomic E-state index is 11.3. The third kappa shape index (κ3) is 7.85. The lowest BCUT2D eigenvalue weighted by Crippen LogP contribution is -2.49. The SMILES string of the molecule is Cl.O=[N+]([O-])c1ccc(OCC(O)CN2CCN(c3cccc(Cl)c3Cl)CC2)c(/C=C/c2ccccc2Br)c1. The predicted molar refractivity (Wildman–Crippen MR) is 160 cm³/mol. The van der Waals surface area contributed by atoms with Crippen molar-refractivity contribution in [3.63, 3.8) is 0 Å². The average molecular weight is 644 g/mol. The quantitative estimate of drug-likeness (QED) is 0.157. The molecule has 1 aliphatic heterocycles. The molecule has 1 saturated heterocycles. The van der Waals surface area contributed by atoms with Crippen LogP contribution in [0.4, 0.5) is 11.4 Å². The predicted octanol–water partition coefficient (Wildman–Crippen LogP) is 6.82. The van der Waals surface area contributed by atoms with E-state index >= 15 is 0 Å². The molecule has 202 valence electrons. The lowest BCUT2D eigenvalue weighted by atomic mass is 10.1. The Labute approximate surface area is 246 Å². The number of nitro benzene ring substituents is 1. The molecule has 1 atom stereocenters. The molecule has 0 aliphatic carbocycles. The van der Waals surface area contributed by atoms with Gasteiger partial charge in [-0.25, -0.2) is 0 Å². The fraction of sp³-hybridized carbons (Fsp3) is 0.259. The maximum atomic E-state index is 11.3. The highest BCUT2D eigenvalue weighted by atomic mass is 79.9. The topological polar surface area (TPSA) is 79.1 Å². The Morgan fingerprint density at radius 1 is 1.03 bits per heavy atom. The first-order valence-electron chi connectivity index (χ1n) is 11.7. The number of aliphatic hydroxyl groups excluding tert-OH is 1. The van der Waals surface area contributed by atoms with Crippen LogP contribution in [0.2, 0.25) is 10.0 Å². The Hall–Kier alpha value is -2.33. The number of rotatable bonds is 9. The van der Waals surface area contributed by atoms with Crippen LogP contribution in [0.1, 0.15) is 11.1 Å². The summed E-state index contributed by atoms with van der Waals surface area (Å²) in [5.41, 5.74) is 2.37. The summed E-state index contributed by atoms with van der Waals surface area (Å²) in [5, 5.41) is 23.0. The van der Waals surface area contributed by atoms with Crippen molar-refractivity contribution in [1.29, 1.82) is 0 Å². The van der Waals surface area contributed by atoms with Crippen molar-refractivity contribution in [2.45, 2.75) is 6.10 Å². The van der Waals surface area contributed by atoms with Crippen molar-refractivity contribution >= 4 is 75.1 Å². The Morgan fingerprint density at radius 2 is 1.74 bits per heavy atom. The van der Waals surface area contributed by atoms with Gasteiger partial charge < -0.3 is 14.7 Å². The van der Waals surface area contributed by atoms with Gasteiger partial charge in [0.15, 0.2) is 0 Å². The molecule has 4 rings (SSSR count). The standard InChI is InChI=1S/C27H26BrCl2N3O4.ClH/c28-23-5-2-1-4-19(23)8-9-20-16-21(33(35)36)10-11-26(20)37-18-22(34)17-31-12-14-32(15-13-31)25-7-3-6-24(29)27(25)30;/h1-11,16,22,34H,12-15,17-18H2;1H/b9-8+;. The van der Waals surface area contributed by atoms with E-state index in [0.717, 1.165) is 41.9 Å². The molecule has 1 unspecified atom stereocenters. The zero-order valence-electron chi connectivity index (χ0n) is 20.3. The molecule has 0 aromatic heterocycles. The summed E-state index contributed by atoms with van der Waals surface area (Å²) < 4.78 is 6.82. The van der Waals surface area contributed by atoms with Crippen LogP contribution < -0.4 is 9.64 Å². The fourth-order valence-electron chi connectivity index (χ4n) is 4.15. The molecule has 3 aromatic carbocycles. The highest BCUT2D eigenvalue weighted by Crippen LogP contribution is 2.33. The van der Waals surface area contributed by atoms with E-state index < -0.39 is 11.0 Å². The molecule has 0 saturated carbocycles. The van der Waals surface area contributed by atoms with Gasteiger partial charge in [0.1, 0.15) is 18.5 Å². The van der Waals surface area contributed by atoms with Crippen molar-refractivity contribution in [2.75, 3.05) is 44.2 Å². The van der Waals surface area contributed by atoms with E-state index in [1.54, 1.807) is 18.2 Å². The molecule has 0 bridgehead atoms. The smallest absolute Gasteiger partial charge is 0.270 e. The molecule has 38 heavy (non-hydrogen) atoms. The normalized spacial score (nSPS) is 14.8. The first kappa shape index (κ1) is 30.2. The van der Waals surface area contributed by atoms with Crippen LogP contribution in [0.15, 0.2) is 65.1 Å². The van der Waals surface area contributed by atoms with Crippen molar-refractivity contribution in [1.82, 2.24) is 4.90 Å². The lowest BCUT2D eigenvalue weighted by molar-refractivity contribution is -0.384. The third-order valence-corrected chi connectivity index (χ3v) is 7.63. The largest absolute Gasteiger partial charge is 0.490 e. The van der Waals surface area contributed by atoms with Gasteiger partial charge in [0.25, 0.3) is 5.69 Å². The second-order valence-corrected chi connectivity index (χ2v) is 10.3. The average Bonchev–Trinajstić information content (AvgIpc) is 2.89. The third-order valence-electron chi connectivity index (χ3n) is 6.10. The Morgan fingerprint density at radius 3 is 2.45 bits per heavy atom. The summed E-state index contributed by atoms with van der Waals surface area (Å²) in [6.45, 7) is 3.56. The van der Waals surface area contributed by atoms with E-state index in [4.69, 9.17) is 27.9 Å². The zero-order valence-corrected chi connectivity index (χ0v) is 24.2. The second-order valence-electron chi connectivity index (χ2n) is 8.66. The highest BCUT2D eigenvalue weighted by molar-refractivity contribution is 9.10. The van der Waals surface area contributed by atoms with Gasteiger partial charge in [0.2, 0.25) is 0 Å². The minimum Gasteiger partial charge on any atom is -0.490 e. The Bertz CT molecular complexity index is 1290. The van der Waals surface area contributed by atoms with Gasteiger partial charge in [-0.1, -0.05) is 75.5 Å². The van der Waals surface area contributed by atoms with Gasteiger partial charge in [0, 0.05) is 54.9 Å². The second kappa shape index (κ2) is 14.2. The van der Waals surface area contributed by atoms with Crippen LogP contribution in [0.5, 0.6) is 5.75 Å². The van der Waals surface area contributed by atoms with E-state index in [1.807, 2.05) is 42.5 Å². The molecule has 0 amide bonds. The number of ether oxygens (including phenoxy) is 1. The monoisotopic (exact) mass is 641 g/mol. The van der Waals surface area contributed by atoms with Crippen molar-refractivity contribution < 1.29 is 14.8 Å². The summed E-state index contributed by atoms with van der Waals surface area (Å²) in [7, 11) is 0. The Balaban J connectivity index is 0.00000400. The number of non-ortho nitro benzene ring substituents is 1. The van der Waals surface area contributed by atoms with Crippen LogP contribution in [0, 0.1) is 10.1 Å². The molecule has 0 spiro atoms. The summed E-state index contributed by atoms with van der Waals surface area (Å²) in [4.78, 5) is 15.2. The van der Waals surface area contributed by atoms with Crippen LogP contribution in [0.3, 0.4) is 0 Å². The molecule has 3 aromatic rings. The summed E-state index contributed by atoms with van der Waals surface area (Å²) in [6, 6.07) is 17.7. The van der Waals surface area contributed by atoms with Gasteiger partial charge in [-0.15, -0.1) is 12.4 Å². The van der Waals surface area contributed by atoms with Crippen LogP contribution in [-0.2, 0) is 0 Å². The van der Waals surface area contributed by atoms with Gasteiger partial charge in [-0.2, -0.15) is 0 Å². The van der Waals surface area contributed by atoms with Crippen LogP contribution in [-0.4, -0.2) is 60.4 Å². The van der Waals surface area contributed by atoms with E-state index in [2.05, 4.69) is 25.7 Å². The minimum absolute atomic E-state index is 0. The molecule has 1 N–H and O–H groups in total. The van der Waals surface area contributed by atoms with Gasteiger partial charge in [0.05, 0.1) is 20.7 Å². The van der Waals surface area contributed by atoms with Crippen molar-refractivity contribution in [3.05, 3.63) is 96.4 Å². The van der Waals surface area contributed by atoms with Gasteiger partial charge >= 0.3 is 0 Å². The molecule has 1 aliphatic rings. The van der Waals surface area contributed by atoms with E-state index in [1.165, 1.54) is 12.1 Å². The molecular formula is C27H27BrCl3N3O4. The molecule has 11 heteroatoms. The molecular weight excluding hydrogens is 617 g/mol. The van der Waals surface area contributed by atoms with Crippen molar-refractivity contribution in [2.24, 2.45) is 0 Å². The number of piperazine rings is 1. The van der Waals surface area contributed by atoms with Crippen LogP contribution in [0.25, 0.3) is 12.2 Å². The minimum atomic E-state index is -0.725. The number of benzene rings is 3. The molecule has 7 nitrogen and oxygen atoms in total. The molecule has 1 fully saturated rings. The molecule has 0 radical (unpaired) electrons. The number of aliphatic hydroxyl groups is 1. The van der Waals surface area contributed by atoms with E-state index in [0.29, 0.717) is 27.9 Å². The van der Waals surface area contributed by atoms with E-state index in [9.17, 15) is 15.2 Å². The van der Waals surface area contributed by atoms with Crippen molar-refractivity contribution in [3.8, 4) is 5.75 Å². The molecule has 1 heterocycles. The lowest BCUT2D eigenvalue weighted by Gasteiger charge is -2.37. The van der Waals surface area contributed by atoms with Gasteiger partial charge in [-0.05, 0) is 29.8 Å². The summed E-state index contributed by atoms with van der Waals surface area (Å²) in [5.74, 6) is 0.466. The van der Waals surface area contributed by atoms with E-state index in [-0.39, 0.29) is 24.7 Å². The number of nitrogens with zero attached hydrogens (tertiary/aromatic N) is 3. The maximum Gasteiger partial charge on any atom is 0.270 e. The number of halogens is 4. The number of hydrogen-bond donors (Lipinski definition) is 1. The fourth-order valence-corrected chi connectivity index (χ4v) is 4.98. The van der Waals surface area contributed by atoms with Crippen LogP contribution >= 0.6 is 51.5 Å². The number of β-amino-alcohol motifs (C(OH)–C–C–N with tert-alkyl or cyclic N) is 1. The number of anilines is 1. The highest BCUT2D eigenvalue weighted by Gasteiger charge is 2.22.